The average Bonchev–Trinajstić information content (AvgIpc) is 2.41. The summed E-state index contributed by atoms with van der Waals surface area (Å²) in [6, 6.07) is 8.23. The zero-order chi connectivity index (χ0) is 13.8. The number of hydrogen-bond donors (Lipinski definition) is 1. The molecular formula is C16H19ClN2. The number of rotatable bonds is 4. The lowest BCUT2D eigenvalue weighted by molar-refractivity contribution is 0.623. The van der Waals surface area contributed by atoms with E-state index in [-0.39, 0.29) is 6.04 Å². The van der Waals surface area contributed by atoms with Gasteiger partial charge in [-0.05, 0) is 54.8 Å². The Hall–Kier alpha value is -1.38. The van der Waals surface area contributed by atoms with Crippen molar-refractivity contribution in [1.29, 1.82) is 0 Å². The highest BCUT2D eigenvalue weighted by Gasteiger charge is 2.18. The standard InChI is InChI=1S/C16H19ClN2/c1-4-19-16(14-10-18-9-8-11(14)2)13-6-5-7-15(17)12(13)3/h5-10,16,19H,4H2,1-3H3. The summed E-state index contributed by atoms with van der Waals surface area (Å²) in [5.74, 6) is 0. The van der Waals surface area contributed by atoms with Crippen LogP contribution in [0, 0.1) is 13.8 Å². The first-order chi connectivity index (χ1) is 9.15. The molecule has 1 heterocycles. The van der Waals surface area contributed by atoms with Gasteiger partial charge in [-0.2, -0.15) is 0 Å². The van der Waals surface area contributed by atoms with E-state index in [0.29, 0.717) is 0 Å². The highest BCUT2D eigenvalue weighted by atomic mass is 35.5. The Morgan fingerprint density at radius 2 is 2.00 bits per heavy atom. The van der Waals surface area contributed by atoms with Gasteiger partial charge >= 0.3 is 0 Å². The van der Waals surface area contributed by atoms with Crippen LogP contribution in [0.15, 0.2) is 36.7 Å². The van der Waals surface area contributed by atoms with Crippen molar-refractivity contribution in [1.82, 2.24) is 10.3 Å². The quantitative estimate of drug-likeness (QED) is 0.910. The predicted octanol–water partition coefficient (Wildman–Crippen LogP) is 4.05. The summed E-state index contributed by atoms with van der Waals surface area (Å²) in [7, 11) is 0. The molecule has 0 fully saturated rings. The molecule has 1 N–H and O–H groups in total. The third-order valence-electron chi connectivity index (χ3n) is 3.42. The molecule has 0 aliphatic carbocycles. The topological polar surface area (TPSA) is 24.9 Å². The monoisotopic (exact) mass is 274 g/mol. The maximum atomic E-state index is 6.24. The van der Waals surface area contributed by atoms with Gasteiger partial charge in [0.25, 0.3) is 0 Å². The molecule has 100 valence electrons. The minimum absolute atomic E-state index is 0.136. The highest BCUT2D eigenvalue weighted by Crippen LogP contribution is 2.29. The van der Waals surface area contributed by atoms with Gasteiger partial charge in [-0.1, -0.05) is 30.7 Å². The molecule has 2 nitrogen and oxygen atoms in total. The molecule has 0 saturated heterocycles. The Balaban J connectivity index is 2.52. The normalized spacial score (nSPS) is 12.4. The van der Waals surface area contributed by atoms with Crippen molar-refractivity contribution in [3.8, 4) is 0 Å². The molecule has 1 aromatic carbocycles. The van der Waals surface area contributed by atoms with Crippen molar-refractivity contribution in [2.24, 2.45) is 0 Å². The minimum Gasteiger partial charge on any atom is -0.306 e. The van der Waals surface area contributed by atoms with Gasteiger partial charge in [0.2, 0.25) is 0 Å². The third-order valence-corrected chi connectivity index (χ3v) is 3.83. The third kappa shape index (κ3) is 2.96. The van der Waals surface area contributed by atoms with Crippen LogP contribution in [-0.4, -0.2) is 11.5 Å². The average molecular weight is 275 g/mol. The maximum Gasteiger partial charge on any atom is 0.0597 e. The molecule has 0 spiro atoms. The van der Waals surface area contributed by atoms with Crippen molar-refractivity contribution in [2.45, 2.75) is 26.8 Å². The van der Waals surface area contributed by atoms with Crippen molar-refractivity contribution < 1.29 is 0 Å². The van der Waals surface area contributed by atoms with E-state index in [0.717, 1.165) is 17.1 Å². The van der Waals surface area contributed by atoms with E-state index >= 15 is 0 Å². The molecule has 0 amide bonds. The molecule has 0 saturated carbocycles. The second-order valence-corrected chi connectivity index (χ2v) is 5.08. The van der Waals surface area contributed by atoms with Crippen LogP contribution in [0.5, 0.6) is 0 Å². The minimum atomic E-state index is 0.136. The van der Waals surface area contributed by atoms with Crippen LogP contribution >= 0.6 is 11.6 Å². The first-order valence-corrected chi connectivity index (χ1v) is 6.91. The van der Waals surface area contributed by atoms with Crippen LogP contribution in [-0.2, 0) is 0 Å². The van der Waals surface area contributed by atoms with Crippen molar-refractivity contribution in [3.05, 3.63) is 63.9 Å². The summed E-state index contributed by atoms with van der Waals surface area (Å²) < 4.78 is 0. The van der Waals surface area contributed by atoms with Gasteiger partial charge in [0.1, 0.15) is 0 Å². The lowest BCUT2D eigenvalue weighted by atomic mass is 9.93. The number of pyridine rings is 1. The molecule has 2 aromatic rings. The van der Waals surface area contributed by atoms with Crippen molar-refractivity contribution in [2.75, 3.05) is 6.54 Å². The highest BCUT2D eigenvalue weighted by molar-refractivity contribution is 6.31. The molecule has 2 rings (SSSR count). The van der Waals surface area contributed by atoms with Gasteiger partial charge in [-0.3, -0.25) is 4.98 Å². The second kappa shape index (κ2) is 6.18. The fourth-order valence-corrected chi connectivity index (χ4v) is 2.49. The molecule has 0 radical (unpaired) electrons. The molecule has 1 atom stereocenters. The number of halogens is 1. The molecule has 0 aliphatic rings. The van der Waals surface area contributed by atoms with Gasteiger partial charge in [-0.25, -0.2) is 0 Å². The number of hydrogen-bond acceptors (Lipinski definition) is 2. The van der Waals surface area contributed by atoms with Gasteiger partial charge < -0.3 is 5.32 Å². The summed E-state index contributed by atoms with van der Waals surface area (Å²) >= 11 is 6.24. The van der Waals surface area contributed by atoms with E-state index in [4.69, 9.17) is 11.6 Å². The lowest BCUT2D eigenvalue weighted by Gasteiger charge is -2.22. The van der Waals surface area contributed by atoms with Crippen LogP contribution in [0.1, 0.15) is 35.2 Å². The van der Waals surface area contributed by atoms with E-state index in [9.17, 15) is 0 Å². The summed E-state index contributed by atoms with van der Waals surface area (Å²) in [5.41, 5.74) is 4.78. The van der Waals surface area contributed by atoms with Crippen molar-refractivity contribution >= 4 is 11.6 Å². The molecular weight excluding hydrogens is 256 g/mol. The zero-order valence-corrected chi connectivity index (χ0v) is 12.3. The van der Waals surface area contributed by atoms with E-state index in [1.54, 1.807) is 0 Å². The van der Waals surface area contributed by atoms with Crippen LogP contribution in [0.25, 0.3) is 0 Å². The maximum absolute atomic E-state index is 6.24. The van der Waals surface area contributed by atoms with Gasteiger partial charge in [-0.15, -0.1) is 0 Å². The Morgan fingerprint density at radius 3 is 2.68 bits per heavy atom. The Labute approximate surface area is 119 Å². The molecule has 3 heteroatoms. The largest absolute Gasteiger partial charge is 0.306 e. The molecule has 1 unspecified atom stereocenters. The number of nitrogens with zero attached hydrogens (tertiary/aromatic N) is 1. The Kier molecular flexibility index (Phi) is 4.56. The number of benzene rings is 1. The Bertz CT molecular complexity index is 566. The van der Waals surface area contributed by atoms with Gasteiger partial charge in [0.15, 0.2) is 0 Å². The van der Waals surface area contributed by atoms with E-state index < -0.39 is 0 Å². The smallest absolute Gasteiger partial charge is 0.0597 e. The van der Waals surface area contributed by atoms with Crippen LogP contribution < -0.4 is 5.32 Å². The van der Waals surface area contributed by atoms with Gasteiger partial charge in [0, 0.05) is 17.4 Å². The second-order valence-electron chi connectivity index (χ2n) is 4.68. The van der Waals surface area contributed by atoms with Gasteiger partial charge in [0.05, 0.1) is 6.04 Å². The molecule has 1 aromatic heterocycles. The summed E-state index contributed by atoms with van der Waals surface area (Å²) in [4.78, 5) is 4.25. The first kappa shape index (κ1) is 14.0. The number of aromatic nitrogens is 1. The van der Waals surface area contributed by atoms with Crippen LogP contribution in [0.4, 0.5) is 0 Å². The lowest BCUT2D eigenvalue weighted by Crippen LogP contribution is -2.23. The van der Waals surface area contributed by atoms with E-state index in [1.165, 1.54) is 16.7 Å². The summed E-state index contributed by atoms with van der Waals surface area (Å²) in [6.45, 7) is 7.18. The zero-order valence-electron chi connectivity index (χ0n) is 11.6. The SMILES string of the molecule is CCNC(c1cnccc1C)c1cccc(Cl)c1C. The predicted molar refractivity (Wildman–Crippen MR) is 80.7 cm³/mol. The molecule has 19 heavy (non-hydrogen) atoms. The number of nitrogens with one attached hydrogen (secondary N) is 1. The van der Waals surface area contributed by atoms with Crippen LogP contribution in [0.2, 0.25) is 5.02 Å². The summed E-state index contributed by atoms with van der Waals surface area (Å²) in [6.07, 6.45) is 3.76. The van der Waals surface area contributed by atoms with E-state index in [2.05, 4.69) is 37.1 Å². The Morgan fingerprint density at radius 1 is 1.21 bits per heavy atom. The molecule has 0 bridgehead atoms. The first-order valence-electron chi connectivity index (χ1n) is 6.54. The van der Waals surface area contributed by atoms with E-state index in [1.807, 2.05) is 30.6 Å². The summed E-state index contributed by atoms with van der Waals surface area (Å²) in [5, 5.41) is 4.33. The van der Waals surface area contributed by atoms with Crippen LogP contribution in [0.3, 0.4) is 0 Å². The van der Waals surface area contributed by atoms with Crippen molar-refractivity contribution in [3.63, 3.8) is 0 Å². The fourth-order valence-electron chi connectivity index (χ4n) is 2.31. The number of aryl methyl sites for hydroxylation is 1. The molecule has 0 aliphatic heterocycles. The fraction of sp³-hybridized carbons (Fsp3) is 0.312.